The van der Waals surface area contributed by atoms with E-state index < -0.39 is 6.04 Å². The van der Waals surface area contributed by atoms with Crippen molar-refractivity contribution in [2.75, 3.05) is 5.32 Å². The summed E-state index contributed by atoms with van der Waals surface area (Å²) in [6, 6.07) is 8.42. The van der Waals surface area contributed by atoms with Crippen LogP contribution in [0.2, 0.25) is 0 Å². The molecular weight excluding hydrogens is 232 g/mol. The topological polar surface area (TPSA) is 77.5 Å². The SMILES string of the molecule is NC1C(=O)Nc2cc(OCc3ccco3)ccc21. The summed E-state index contributed by atoms with van der Waals surface area (Å²) in [7, 11) is 0. The van der Waals surface area contributed by atoms with Gasteiger partial charge in [-0.25, -0.2) is 0 Å². The van der Waals surface area contributed by atoms with Crippen molar-refractivity contribution in [3.63, 3.8) is 0 Å². The van der Waals surface area contributed by atoms with Gasteiger partial charge in [0.15, 0.2) is 0 Å². The quantitative estimate of drug-likeness (QED) is 0.863. The molecule has 5 heteroatoms. The van der Waals surface area contributed by atoms with Crippen molar-refractivity contribution < 1.29 is 13.9 Å². The number of rotatable bonds is 3. The molecule has 1 aliphatic heterocycles. The number of hydrogen-bond acceptors (Lipinski definition) is 4. The molecule has 92 valence electrons. The highest BCUT2D eigenvalue weighted by molar-refractivity contribution is 6.02. The summed E-state index contributed by atoms with van der Waals surface area (Å²) in [6.45, 7) is 0.353. The van der Waals surface area contributed by atoms with Crippen molar-refractivity contribution in [1.82, 2.24) is 0 Å². The lowest BCUT2D eigenvalue weighted by Crippen LogP contribution is -2.19. The molecule has 1 atom stereocenters. The van der Waals surface area contributed by atoms with Crippen LogP contribution in [0.4, 0.5) is 5.69 Å². The van der Waals surface area contributed by atoms with Crippen LogP contribution >= 0.6 is 0 Å². The highest BCUT2D eigenvalue weighted by Crippen LogP contribution is 2.32. The van der Waals surface area contributed by atoms with Crippen molar-refractivity contribution in [1.29, 1.82) is 0 Å². The van der Waals surface area contributed by atoms with E-state index >= 15 is 0 Å². The monoisotopic (exact) mass is 244 g/mol. The lowest BCUT2D eigenvalue weighted by atomic mass is 10.1. The summed E-state index contributed by atoms with van der Waals surface area (Å²) in [5, 5.41) is 2.71. The Morgan fingerprint density at radius 2 is 2.28 bits per heavy atom. The minimum atomic E-state index is -0.584. The Morgan fingerprint density at radius 1 is 1.39 bits per heavy atom. The number of nitrogens with one attached hydrogen (secondary N) is 1. The zero-order chi connectivity index (χ0) is 12.5. The molecule has 1 aliphatic rings. The number of benzene rings is 1. The van der Waals surface area contributed by atoms with Crippen LogP contribution in [0.3, 0.4) is 0 Å². The van der Waals surface area contributed by atoms with Gasteiger partial charge in [-0.2, -0.15) is 0 Å². The van der Waals surface area contributed by atoms with E-state index in [0.717, 1.165) is 11.3 Å². The molecule has 3 N–H and O–H groups in total. The summed E-state index contributed by atoms with van der Waals surface area (Å²) in [4.78, 5) is 11.4. The van der Waals surface area contributed by atoms with E-state index in [9.17, 15) is 4.79 Å². The standard InChI is InChI=1S/C13H12N2O3/c14-12-10-4-3-8(6-11(10)15-13(12)16)18-7-9-2-1-5-17-9/h1-6,12H,7,14H2,(H,15,16). The second-order valence-electron chi connectivity index (χ2n) is 4.08. The molecule has 3 rings (SSSR count). The van der Waals surface area contributed by atoms with Crippen molar-refractivity contribution in [3.8, 4) is 5.75 Å². The molecule has 1 aromatic heterocycles. The van der Waals surface area contributed by atoms with Crippen LogP contribution in [0, 0.1) is 0 Å². The fourth-order valence-electron chi connectivity index (χ4n) is 1.91. The van der Waals surface area contributed by atoms with Gasteiger partial charge in [0.2, 0.25) is 5.91 Å². The van der Waals surface area contributed by atoms with Gasteiger partial charge in [-0.3, -0.25) is 4.79 Å². The van der Waals surface area contributed by atoms with E-state index in [1.807, 2.05) is 6.07 Å². The number of ether oxygens (including phenoxy) is 1. The minimum Gasteiger partial charge on any atom is -0.486 e. The number of amides is 1. The molecule has 0 fully saturated rings. The summed E-state index contributed by atoms with van der Waals surface area (Å²) < 4.78 is 10.7. The van der Waals surface area contributed by atoms with E-state index in [2.05, 4.69) is 5.32 Å². The maximum absolute atomic E-state index is 11.4. The third-order valence-electron chi connectivity index (χ3n) is 2.86. The molecular formula is C13H12N2O3. The average molecular weight is 244 g/mol. The third-order valence-corrected chi connectivity index (χ3v) is 2.86. The highest BCUT2D eigenvalue weighted by Gasteiger charge is 2.27. The van der Waals surface area contributed by atoms with Gasteiger partial charge in [-0.15, -0.1) is 0 Å². The van der Waals surface area contributed by atoms with Gasteiger partial charge in [0.05, 0.1) is 6.26 Å². The van der Waals surface area contributed by atoms with Crippen LogP contribution in [-0.4, -0.2) is 5.91 Å². The number of fused-ring (bicyclic) bond motifs is 1. The van der Waals surface area contributed by atoms with Crippen molar-refractivity contribution in [2.24, 2.45) is 5.73 Å². The Balaban J connectivity index is 1.76. The molecule has 1 unspecified atom stereocenters. The first-order valence-electron chi connectivity index (χ1n) is 5.59. The van der Waals surface area contributed by atoms with Crippen LogP contribution in [0.25, 0.3) is 0 Å². The number of furan rings is 1. The first-order chi connectivity index (χ1) is 8.74. The molecule has 2 aromatic rings. The fraction of sp³-hybridized carbons (Fsp3) is 0.154. The van der Waals surface area contributed by atoms with Gasteiger partial charge in [0, 0.05) is 17.3 Å². The summed E-state index contributed by atoms with van der Waals surface area (Å²) in [6.07, 6.45) is 1.60. The molecule has 1 aromatic carbocycles. The second-order valence-corrected chi connectivity index (χ2v) is 4.08. The van der Waals surface area contributed by atoms with Gasteiger partial charge < -0.3 is 20.2 Å². The van der Waals surface area contributed by atoms with Crippen LogP contribution in [0.1, 0.15) is 17.4 Å². The van der Waals surface area contributed by atoms with E-state index in [4.69, 9.17) is 14.9 Å². The first-order valence-corrected chi connectivity index (χ1v) is 5.59. The molecule has 2 heterocycles. The van der Waals surface area contributed by atoms with Gasteiger partial charge >= 0.3 is 0 Å². The summed E-state index contributed by atoms with van der Waals surface area (Å²) in [5.74, 6) is 1.23. The number of nitrogens with two attached hydrogens (primary N) is 1. The zero-order valence-corrected chi connectivity index (χ0v) is 9.55. The highest BCUT2D eigenvalue weighted by atomic mass is 16.5. The van der Waals surface area contributed by atoms with Crippen LogP contribution in [-0.2, 0) is 11.4 Å². The lowest BCUT2D eigenvalue weighted by Gasteiger charge is -2.06. The summed E-state index contributed by atoms with van der Waals surface area (Å²) >= 11 is 0. The Hall–Kier alpha value is -2.27. The maximum Gasteiger partial charge on any atom is 0.245 e. The second kappa shape index (κ2) is 4.19. The molecule has 0 saturated heterocycles. The van der Waals surface area contributed by atoms with Gasteiger partial charge in [0.1, 0.15) is 24.2 Å². The predicted molar refractivity (Wildman–Crippen MR) is 65.0 cm³/mol. The molecule has 0 spiro atoms. The Labute approximate surface area is 104 Å². The molecule has 0 radical (unpaired) electrons. The Morgan fingerprint density at radius 3 is 3.06 bits per heavy atom. The molecule has 0 bridgehead atoms. The number of hydrogen-bond donors (Lipinski definition) is 2. The van der Waals surface area contributed by atoms with Gasteiger partial charge in [-0.1, -0.05) is 6.07 Å². The predicted octanol–water partition coefficient (Wildman–Crippen LogP) is 1.81. The van der Waals surface area contributed by atoms with E-state index in [-0.39, 0.29) is 5.91 Å². The fourth-order valence-corrected chi connectivity index (χ4v) is 1.91. The largest absolute Gasteiger partial charge is 0.486 e. The van der Waals surface area contributed by atoms with E-state index in [1.165, 1.54) is 0 Å². The smallest absolute Gasteiger partial charge is 0.245 e. The van der Waals surface area contributed by atoms with Gasteiger partial charge in [-0.05, 0) is 18.2 Å². The third kappa shape index (κ3) is 1.84. The van der Waals surface area contributed by atoms with Crippen molar-refractivity contribution in [2.45, 2.75) is 12.6 Å². The molecule has 5 nitrogen and oxygen atoms in total. The van der Waals surface area contributed by atoms with Crippen LogP contribution in [0.15, 0.2) is 41.0 Å². The molecule has 1 amide bonds. The Kier molecular flexibility index (Phi) is 2.53. The van der Waals surface area contributed by atoms with Crippen LogP contribution < -0.4 is 15.8 Å². The minimum absolute atomic E-state index is 0.187. The number of carbonyl (C=O) groups excluding carboxylic acids is 1. The molecule has 0 aliphatic carbocycles. The number of carbonyl (C=O) groups is 1. The normalized spacial score (nSPS) is 17.4. The van der Waals surface area contributed by atoms with Crippen molar-refractivity contribution in [3.05, 3.63) is 47.9 Å². The maximum atomic E-state index is 11.4. The first kappa shape index (κ1) is 10.9. The zero-order valence-electron chi connectivity index (χ0n) is 9.55. The van der Waals surface area contributed by atoms with Gasteiger partial charge in [0.25, 0.3) is 0 Å². The summed E-state index contributed by atoms with van der Waals surface area (Å²) in [5.41, 5.74) is 7.23. The van der Waals surface area contributed by atoms with E-state index in [1.54, 1.807) is 30.5 Å². The van der Waals surface area contributed by atoms with Crippen LogP contribution in [0.5, 0.6) is 5.75 Å². The van der Waals surface area contributed by atoms with E-state index in [0.29, 0.717) is 18.0 Å². The Bertz CT molecular complexity index is 578. The molecule has 0 saturated carbocycles. The molecule has 18 heavy (non-hydrogen) atoms. The number of anilines is 1. The average Bonchev–Trinajstić information content (AvgIpc) is 2.97. The van der Waals surface area contributed by atoms with Crippen molar-refractivity contribution >= 4 is 11.6 Å². The lowest BCUT2D eigenvalue weighted by molar-refractivity contribution is -0.116.